The maximum absolute atomic E-state index is 13.6. The van der Waals surface area contributed by atoms with E-state index in [2.05, 4.69) is 6.07 Å². The van der Waals surface area contributed by atoms with Crippen LogP contribution in [0.4, 0.5) is 4.39 Å². The first-order chi connectivity index (χ1) is 8.15. The molecule has 0 saturated carbocycles. The van der Waals surface area contributed by atoms with Crippen molar-refractivity contribution in [1.82, 2.24) is 0 Å². The predicted molar refractivity (Wildman–Crippen MR) is 72.5 cm³/mol. The summed E-state index contributed by atoms with van der Waals surface area (Å²) in [6.45, 7) is 4.04. The molecule has 0 aliphatic rings. The average molecular weight is 228 g/mol. The highest BCUT2D eigenvalue weighted by Crippen LogP contribution is 2.20. The lowest BCUT2D eigenvalue weighted by atomic mass is 10.0. The van der Waals surface area contributed by atoms with Crippen molar-refractivity contribution in [3.63, 3.8) is 0 Å². The van der Waals surface area contributed by atoms with Crippen LogP contribution in [0.1, 0.15) is 25.8 Å². The molecule has 88 valence electrons. The van der Waals surface area contributed by atoms with Crippen LogP contribution in [-0.2, 0) is 0 Å². The fraction of sp³-hybridized carbons (Fsp3) is 0.250. The van der Waals surface area contributed by atoms with Crippen LogP contribution in [0.5, 0.6) is 0 Å². The van der Waals surface area contributed by atoms with Crippen molar-refractivity contribution in [2.45, 2.75) is 20.3 Å². The largest absolute Gasteiger partial charge is 0.212 e. The van der Waals surface area contributed by atoms with Crippen molar-refractivity contribution in [2.75, 3.05) is 0 Å². The van der Waals surface area contributed by atoms with Crippen LogP contribution in [0.15, 0.2) is 48.3 Å². The van der Waals surface area contributed by atoms with Gasteiger partial charge in [-0.2, -0.15) is 0 Å². The highest BCUT2D eigenvalue weighted by molar-refractivity contribution is 5.84. The van der Waals surface area contributed by atoms with E-state index in [9.17, 15) is 4.39 Å². The molecule has 2 rings (SSSR count). The lowest BCUT2D eigenvalue weighted by Crippen LogP contribution is -1.86. The number of hydrogen-bond acceptors (Lipinski definition) is 0. The fourth-order valence-corrected chi connectivity index (χ4v) is 1.93. The first-order valence-electron chi connectivity index (χ1n) is 6.00. The van der Waals surface area contributed by atoms with Gasteiger partial charge in [0.05, 0.1) is 0 Å². The van der Waals surface area contributed by atoms with E-state index in [4.69, 9.17) is 0 Å². The SMILES string of the molecule is CC(C)C/C(F)=C\c1ccc2ccccc2c1. The standard InChI is InChI=1S/C16H17F/c1-12(2)9-16(17)11-13-7-8-14-5-3-4-6-15(14)10-13/h3-8,10-12H,9H2,1-2H3/b16-11+. The first kappa shape index (κ1) is 11.8. The molecule has 0 amide bonds. The van der Waals surface area contributed by atoms with E-state index in [1.54, 1.807) is 6.08 Å². The smallest absolute Gasteiger partial charge is 0.101 e. The van der Waals surface area contributed by atoms with Gasteiger partial charge >= 0.3 is 0 Å². The van der Waals surface area contributed by atoms with Crippen molar-refractivity contribution < 1.29 is 4.39 Å². The van der Waals surface area contributed by atoms with Crippen molar-refractivity contribution >= 4 is 16.8 Å². The molecule has 0 unspecified atom stereocenters. The van der Waals surface area contributed by atoms with Crippen LogP contribution in [0.3, 0.4) is 0 Å². The molecular weight excluding hydrogens is 211 g/mol. The number of benzene rings is 2. The lowest BCUT2D eigenvalue weighted by molar-refractivity contribution is 0.522. The fourth-order valence-electron chi connectivity index (χ4n) is 1.93. The van der Waals surface area contributed by atoms with Gasteiger partial charge in [-0.05, 0) is 34.4 Å². The zero-order chi connectivity index (χ0) is 12.3. The number of allylic oxidation sites excluding steroid dienone is 1. The molecule has 0 N–H and O–H groups in total. The normalized spacial score (nSPS) is 12.4. The van der Waals surface area contributed by atoms with E-state index in [1.165, 1.54) is 5.39 Å². The van der Waals surface area contributed by atoms with Gasteiger partial charge in [-0.3, -0.25) is 0 Å². The monoisotopic (exact) mass is 228 g/mol. The van der Waals surface area contributed by atoms with Crippen molar-refractivity contribution in [3.05, 3.63) is 53.9 Å². The molecule has 1 heteroatoms. The zero-order valence-corrected chi connectivity index (χ0v) is 10.3. The summed E-state index contributed by atoms with van der Waals surface area (Å²) in [6.07, 6.45) is 2.14. The highest BCUT2D eigenvalue weighted by Gasteiger charge is 2.00. The van der Waals surface area contributed by atoms with Gasteiger partial charge in [0.25, 0.3) is 0 Å². The third-order valence-electron chi connectivity index (χ3n) is 2.70. The Bertz CT molecular complexity index is 538. The Balaban J connectivity index is 2.30. The minimum absolute atomic E-state index is 0.0460. The van der Waals surface area contributed by atoms with E-state index < -0.39 is 0 Å². The summed E-state index contributed by atoms with van der Waals surface area (Å²) in [5.41, 5.74) is 0.932. The number of hydrogen-bond donors (Lipinski definition) is 0. The summed E-state index contributed by atoms with van der Waals surface area (Å²) in [4.78, 5) is 0. The molecular formula is C16H17F. The van der Waals surface area contributed by atoms with Gasteiger partial charge < -0.3 is 0 Å². The molecule has 0 aliphatic carbocycles. The molecule has 0 nitrogen and oxygen atoms in total. The summed E-state index contributed by atoms with van der Waals surface area (Å²) in [6, 6.07) is 14.1. The third kappa shape index (κ3) is 3.16. The Hall–Kier alpha value is -1.63. The number of fused-ring (bicyclic) bond motifs is 1. The highest BCUT2D eigenvalue weighted by atomic mass is 19.1. The Morgan fingerprint density at radius 3 is 2.53 bits per heavy atom. The van der Waals surface area contributed by atoms with Gasteiger partial charge in [0.15, 0.2) is 0 Å². The minimum atomic E-state index is -0.0460. The quantitative estimate of drug-likeness (QED) is 0.677. The summed E-state index contributed by atoms with van der Waals surface area (Å²) < 4.78 is 13.6. The second-order valence-electron chi connectivity index (χ2n) is 4.80. The van der Waals surface area contributed by atoms with Crippen LogP contribution >= 0.6 is 0 Å². The topological polar surface area (TPSA) is 0 Å². The molecule has 0 atom stereocenters. The Labute approximate surface area is 102 Å². The average Bonchev–Trinajstić information content (AvgIpc) is 2.27. The molecule has 17 heavy (non-hydrogen) atoms. The molecule has 0 fully saturated rings. The lowest BCUT2D eigenvalue weighted by Gasteiger charge is -2.03. The second-order valence-corrected chi connectivity index (χ2v) is 4.80. The van der Waals surface area contributed by atoms with E-state index >= 15 is 0 Å². The van der Waals surface area contributed by atoms with Crippen molar-refractivity contribution in [1.29, 1.82) is 0 Å². The van der Waals surface area contributed by atoms with Crippen molar-refractivity contribution in [3.8, 4) is 0 Å². The van der Waals surface area contributed by atoms with E-state index in [-0.39, 0.29) is 5.83 Å². The van der Waals surface area contributed by atoms with Gasteiger partial charge in [-0.25, -0.2) is 4.39 Å². The summed E-state index contributed by atoms with van der Waals surface area (Å²) in [7, 11) is 0. The molecule has 2 aromatic rings. The molecule has 0 spiro atoms. The summed E-state index contributed by atoms with van der Waals surface area (Å²) in [5, 5.41) is 2.34. The molecule has 0 bridgehead atoms. The molecule has 0 saturated heterocycles. The Morgan fingerprint density at radius 2 is 1.82 bits per heavy atom. The predicted octanol–water partition coefficient (Wildman–Crippen LogP) is 5.20. The van der Waals surface area contributed by atoms with Gasteiger partial charge in [-0.15, -0.1) is 0 Å². The van der Waals surface area contributed by atoms with Crippen LogP contribution < -0.4 is 0 Å². The summed E-state index contributed by atoms with van der Waals surface area (Å²) >= 11 is 0. The first-order valence-corrected chi connectivity index (χ1v) is 6.00. The molecule has 2 aromatic carbocycles. The van der Waals surface area contributed by atoms with Gasteiger partial charge in [-0.1, -0.05) is 50.2 Å². The van der Waals surface area contributed by atoms with E-state index in [0.717, 1.165) is 10.9 Å². The van der Waals surface area contributed by atoms with Crippen LogP contribution in [-0.4, -0.2) is 0 Å². The third-order valence-corrected chi connectivity index (χ3v) is 2.70. The van der Waals surface area contributed by atoms with Gasteiger partial charge in [0.1, 0.15) is 5.83 Å². The maximum atomic E-state index is 13.6. The van der Waals surface area contributed by atoms with Crippen molar-refractivity contribution in [2.24, 2.45) is 5.92 Å². The molecule has 0 radical (unpaired) electrons. The maximum Gasteiger partial charge on any atom is 0.101 e. The van der Waals surface area contributed by atoms with Gasteiger partial charge in [0, 0.05) is 6.42 Å². The minimum Gasteiger partial charge on any atom is -0.212 e. The van der Waals surface area contributed by atoms with Crippen LogP contribution in [0, 0.1) is 5.92 Å². The number of rotatable bonds is 3. The second kappa shape index (κ2) is 5.13. The molecule has 0 heterocycles. The molecule has 0 aliphatic heterocycles. The van der Waals surface area contributed by atoms with E-state index in [1.807, 2.05) is 50.2 Å². The zero-order valence-electron chi connectivity index (χ0n) is 10.3. The van der Waals surface area contributed by atoms with Crippen LogP contribution in [0.25, 0.3) is 16.8 Å². The summed E-state index contributed by atoms with van der Waals surface area (Å²) in [5.74, 6) is 0.307. The Kier molecular flexibility index (Phi) is 3.58. The molecule has 0 aromatic heterocycles. The number of halogens is 1. The van der Waals surface area contributed by atoms with Gasteiger partial charge in [0.2, 0.25) is 0 Å². The Morgan fingerprint density at radius 1 is 1.12 bits per heavy atom. The van der Waals surface area contributed by atoms with Crippen LogP contribution in [0.2, 0.25) is 0 Å². The van der Waals surface area contributed by atoms with E-state index in [0.29, 0.717) is 12.3 Å².